The van der Waals surface area contributed by atoms with Gasteiger partial charge in [0.15, 0.2) is 5.65 Å². The summed E-state index contributed by atoms with van der Waals surface area (Å²) in [5.74, 6) is 1.83. The number of anilines is 2. The molecule has 0 aliphatic carbocycles. The number of hydrogen-bond acceptors (Lipinski definition) is 7. The number of fused-ring (bicyclic) bond motifs is 1. The van der Waals surface area contributed by atoms with E-state index in [2.05, 4.69) is 57.8 Å². The van der Waals surface area contributed by atoms with Crippen LogP contribution in [0, 0.1) is 0 Å². The van der Waals surface area contributed by atoms with Crippen molar-refractivity contribution in [2.75, 3.05) is 29.9 Å². The van der Waals surface area contributed by atoms with Crippen molar-refractivity contribution in [1.29, 1.82) is 0 Å². The average Bonchev–Trinajstić information content (AvgIpc) is 3.64. The van der Waals surface area contributed by atoms with Gasteiger partial charge in [-0.1, -0.05) is 32.0 Å². The summed E-state index contributed by atoms with van der Waals surface area (Å²) < 4.78 is 3.74. The Balaban J connectivity index is 1.31. The van der Waals surface area contributed by atoms with Crippen LogP contribution >= 0.6 is 0 Å². The van der Waals surface area contributed by atoms with Crippen LogP contribution in [0.3, 0.4) is 0 Å². The molecule has 0 saturated carbocycles. The molecule has 3 aromatic heterocycles. The predicted molar refractivity (Wildman–Crippen MR) is 137 cm³/mol. The Kier molecular flexibility index (Phi) is 5.64. The molecule has 2 N–H and O–H groups in total. The highest BCUT2D eigenvalue weighted by atomic mass is 15.4. The van der Waals surface area contributed by atoms with E-state index >= 15 is 0 Å². The van der Waals surface area contributed by atoms with Gasteiger partial charge in [-0.2, -0.15) is 24.7 Å². The summed E-state index contributed by atoms with van der Waals surface area (Å²) in [7, 11) is 0. The first-order chi connectivity index (χ1) is 17.1. The van der Waals surface area contributed by atoms with E-state index in [1.165, 1.54) is 12.8 Å². The quantitative estimate of drug-likeness (QED) is 0.443. The zero-order chi connectivity index (χ0) is 23.8. The number of nitrogens with one attached hydrogen (secondary N) is 2. The van der Waals surface area contributed by atoms with Crippen LogP contribution in [0.2, 0.25) is 0 Å². The summed E-state index contributed by atoms with van der Waals surface area (Å²) in [6, 6.07) is 10.2. The van der Waals surface area contributed by atoms with Crippen molar-refractivity contribution in [2.45, 2.75) is 57.5 Å². The molecule has 0 bridgehead atoms. The first-order valence-corrected chi connectivity index (χ1v) is 12.7. The van der Waals surface area contributed by atoms with Crippen LogP contribution in [0.5, 0.6) is 0 Å². The maximum Gasteiger partial charge on any atom is 0.230 e. The van der Waals surface area contributed by atoms with E-state index in [1.54, 1.807) is 6.20 Å². The molecule has 1 aromatic carbocycles. The molecule has 5 heterocycles. The van der Waals surface area contributed by atoms with Crippen molar-refractivity contribution < 1.29 is 0 Å². The van der Waals surface area contributed by atoms with Crippen molar-refractivity contribution in [1.82, 2.24) is 34.7 Å². The molecule has 35 heavy (non-hydrogen) atoms. The first-order valence-electron chi connectivity index (χ1n) is 12.7. The van der Waals surface area contributed by atoms with Crippen LogP contribution in [0.1, 0.15) is 56.6 Å². The maximum atomic E-state index is 5.01. The summed E-state index contributed by atoms with van der Waals surface area (Å²) in [6.07, 6.45) is 10.5. The van der Waals surface area contributed by atoms with Crippen molar-refractivity contribution in [3.63, 3.8) is 0 Å². The minimum absolute atomic E-state index is 0.317. The van der Waals surface area contributed by atoms with Crippen molar-refractivity contribution in [3.05, 3.63) is 60.0 Å². The fourth-order valence-corrected chi connectivity index (χ4v) is 5.45. The normalized spacial score (nSPS) is 17.6. The number of para-hydroxylation sites is 1. The Bertz CT molecular complexity index is 1290. The Morgan fingerprint density at radius 1 is 1.06 bits per heavy atom. The molecular weight excluding hydrogens is 438 g/mol. The third kappa shape index (κ3) is 4.14. The number of aromatic nitrogens is 6. The molecule has 2 fully saturated rings. The second-order valence-electron chi connectivity index (χ2n) is 10.1. The largest absolute Gasteiger partial charge is 0.350 e. The van der Waals surface area contributed by atoms with Crippen molar-refractivity contribution in [2.24, 2.45) is 0 Å². The van der Waals surface area contributed by atoms with Crippen LogP contribution in [-0.2, 0) is 6.54 Å². The minimum Gasteiger partial charge on any atom is -0.350 e. The molecule has 2 aliphatic heterocycles. The van der Waals surface area contributed by atoms with E-state index in [9.17, 15) is 0 Å². The first kappa shape index (κ1) is 22.0. The Hall–Kier alpha value is -3.46. The molecule has 0 amide bonds. The highest BCUT2D eigenvalue weighted by molar-refractivity contribution is 5.57. The van der Waals surface area contributed by atoms with Gasteiger partial charge in [-0.15, -0.1) is 0 Å². The van der Waals surface area contributed by atoms with Gasteiger partial charge < -0.3 is 15.5 Å². The lowest BCUT2D eigenvalue weighted by Gasteiger charge is -2.39. The third-order valence-electron chi connectivity index (χ3n) is 7.52. The molecule has 6 rings (SSSR count). The second kappa shape index (κ2) is 8.96. The van der Waals surface area contributed by atoms with Crippen LogP contribution in [0.4, 0.5) is 11.9 Å². The van der Waals surface area contributed by atoms with Gasteiger partial charge in [-0.25, -0.2) is 4.68 Å². The fraction of sp³-hybridized carbons (Fsp3) is 0.462. The standard InChI is InChI=1S/C26H33N9/c1-19(2)21-18-30-35-23(21)31-25(33-15-10-26(11-16-33)9-5-12-28-26)32-24(35)27-17-20-7-3-4-8-22(20)34-14-6-13-29-34/h3-4,6-8,13-14,18-19,28H,5,9-12,15-17H2,1-2H3,(H,27,31,32). The van der Waals surface area contributed by atoms with Crippen LogP contribution in [0.15, 0.2) is 48.9 Å². The summed E-state index contributed by atoms with van der Waals surface area (Å²) >= 11 is 0. The van der Waals surface area contributed by atoms with E-state index in [1.807, 2.05) is 33.7 Å². The molecule has 4 aromatic rings. The van der Waals surface area contributed by atoms with E-state index in [0.29, 0.717) is 23.9 Å². The summed E-state index contributed by atoms with van der Waals surface area (Å²) in [5, 5.41) is 16.4. The SMILES string of the molecule is CC(C)c1cnn2c(NCc3ccccc3-n3cccn3)nc(N3CCC4(CCCN4)CC3)nc12. The smallest absolute Gasteiger partial charge is 0.230 e. The van der Waals surface area contributed by atoms with Gasteiger partial charge in [-0.05, 0) is 55.8 Å². The summed E-state index contributed by atoms with van der Waals surface area (Å²) in [6.45, 7) is 8.05. The van der Waals surface area contributed by atoms with Gasteiger partial charge in [0, 0.05) is 43.1 Å². The third-order valence-corrected chi connectivity index (χ3v) is 7.52. The van der Waals surface area contributed by atoms with E-state index in [4.69, 9.17) is 9.97 Å². The number of rotatable bonds is 6. The highest BCUT2D eigenvalue weighted by Crippen LogP contribution is 2.33. The molecule has 1 spiro atoms. The molecule has 2 saturated heterocycles. The van der Waals surface area contributed by atoms with Gasteiger partial charge in [-0.3, -0.25) is 0 Å². The Morgan fingerprint density at radius 2 is 1.91 bits per heavy atom. The molecule has 182 valence electrons. The second-order valence-corrected chi connectivity index (χ2v) is 10.1. The molecule has 0 atom stereocenters. The predicted octanol–water partition coefficient (Wildman–Crippen LogP) is 3.77. The number of hydrogen-bond donors (Lipinski definition) is 2. The van der Waals surface area contributed by atoms with E-state index in [-0.39, 0.29) is 0 Å². The summed E-state index contributed by atoms with van der Waals surface area (Å²) in [4.78, 5) is 12.3. The lowest BCUT2D eigenvalue weighted by molar-refractivity contribution is 0.295. The molecule has 9 nitrogen and oxygen atoms in total. The fourth-order valence-electron chi connectivity index (χ4n) is 5.45. The van der Waals surface area contributed by atoms with Crippen LogP contribution in [0.25, 0.3) is 11.3 Å². The molecule has 0 radical (unpaired) electrons. The Morgan fingerprint density at radius 3 is 2.66 bits per heavy atom. The highest BCUT2D eigenvalue weighted by Gasteiger charge is 2.37. The van der Waals surface area contributed by atoms with E-state index < -0.39 is 0 Å². The van der Waals surface area contributed by atoms with Gasteiger partial charge in [0.05, 0.1) is 11.9 Å². The number of benzene rings is 1. The van der Waals surface area contributed by atoms with Crippen LogP contribution in [-0.4, -0.2) is 54.5 Å². The average molecular weight is 472 g/mol. The van der Waals surface area contributed by atoms with E-state index in [0.717, 1.165) is 60.9 Å². The van der Waals surface area contributed by atoms with Crippen LogP contribution < -0.4 is 15.5 Å². The minimum atomic E-state index is 0.317. The maximum absolute atomic E-state index is 5.01. The topological polar surface area (TPSA) is 88.2 Å². The van der Waals surface area contributed by atoms with Gasteiger partial charge in [0.2, 0.25) is 11.9 Å². The molecule has 0 unspecified atom stereocenters. The van der Waals surface area contributed by atoms with Gasteiger partial charge >= 0.3 is 0 Å². The Labute approximate surface area is 205 Å². The molecular formula is C26H33N9. The zero-order valence-corrected chi connectivity index (χ0v) is 20.5. The lowest BCUT2D eigenvalue weighted by Crippen LogP contribution is -2.50. The molecule has 9 heteroatoms. The monoisotopic (exact) mass is 471 g/mol. The zero-order valence-electron chi connectivity index (χ0n) is 20.5. The summed E-state index contributed by atoms with van der Waals surface area (Å²) in [5.41, 5.74) is 4.52. The van der Waals surface area contributed by atoms with Crippen molar-refractivity contribution >= 4 is 17.5 Å². The molecule has 2 aliphatic rings. The number of piperidine rings is 1. The van der Waals surface area contributed by atoms with Gasteiger partial charge in [0.25, 0.3) is 0 Å². The lowest BCUT2D eigenvalue weighted by atomic mass is 9.86. The van der Waals surface area contributed by atoms with Gasteiger partial charge in [0.1, 0.15) is 0 Å². The number of nitrogens with zero attached hydrogens (tertiary/aromatic N) is 7. The van der Waals surface area contributed by atoms with Crippen molar-refractivity contribution in [3.8, 4) is 5.69 Å².